The van der Waals surface area contributed by atoms with Gasteiger partial charge in [-0.05, 0) is 76.9 Å². The van der Waals surface area contributed by atoms with Gasteiger partial charge in [0.2, 0.25) is 0 Å². The third-order valence-corrected chi connectivity index (χ3v) is 7.43. The molecule has 4 heterocycles. The zero-order chi connectivity index (χ0) is 22.5. The highest BCUT2D eigenvalue weighted by Gasteiger charge is 2.39. The monoisotopic (exact) mass is 449 g/mol. The van der Waals surface area contributed by atoms with Gasteiger partial charge in [0.15, 0.2) is 0 Å². The molecule has 0 aliphatic carbocycles. The van der Waals surface area contributed by atoms with Crippen LogP contribution in [0.2, 0.25) is 0 Å². The number of piperidine rings is 1. The van der Waals surface area contributed by atoms with E-state index in [0.29, 0.717) is 27.2 Å². The van der Waals surface area contributed by atoms with E-state index in [1.54, 1.807) is 30.8 Å². The van der Waals surface area contributed by atoms with E-state index in [4.69, 9.17) is 4.74 Å². The number of thiophene rings is 1. The smallest absolute Gasteiger partial charge is 0.275 e. The van der Waals surface area contributed by atoms with Crippen LogP contribution in [0.1, 0.15) is 44.4 Å². The summed E-state index contributed by atoms with van der Waals surface area (Å²) in [4.78, 5) is 20.7. The van der Waals surface area contributed by atoms with Crippen LogP contribution < -0.4 is 10.3 Å². The first-order chi connectivity index (χ1) is 15.3. The molecule has 1 aromatic carbocycles. The fourth-order valence-corrected chi connectivity index (χ4v) is 5.60. The lowest BCUT2D eigenvalue weighted by Crippen LogP contribution is -2.43. The molecule has 1 N–H and O–H groups in total. The van der Waals surface area contributed by atoms with Gasteiger partial charge in [0.25, 0.3) is 5.56 Å². The lowest BCUT2D eigenvalue weighted by atomic mass is 10.0. The highest BCUT2D eigenvalue weighted by molar-refractivity contribution is 7.19. The molecule has 3 aromatic rings. The normalized spacial score (nSPS) is 23.2. The number of fused-ring (bicyclic) bond motifs is 3. The van der Waals surface area contributed by atoms with Gasteiger partial charge >= 0.3 is 0 Å². The van der Waals surface area contributed by atoms with E-state index in [0.717, 1.165) is 24.3 Å². The van der Waals surface area contributed by atoms with E-state index in [9.17, 15) is 9.90 Å². The van der Waals surface area contributed by atoms with Crippen LogP contribution in [-0.4, -0.2) is 50.4 Å². The number of ether oxygens (including phenoxy) is 1. The van der Waals surface area contributed by atoms with Crippen molar-refractivity contribution >= 4 is 21.6 Å². The maximum Gasteiger partial charge on any atom is 0.275 e. The van der Waals surface area contributed by atoms with Crippen molar-refractivity contribution in [2.24, 2.45) is 0 Å². The molecule has 2 aromatic heterocycles. The Hall–Kier alpha value is -2.66. The Morgan fingerprint density at radius 2 is 1.88 bits per heavy atom. The molecule has 2 aliphatic rings. The largest absolute Gasteiger partial charge is 0.490 e. The average Bonchev–Trinajstić information content (AvgIpc) is 3.24. The second-order valence-corrected chi connectivity index (χ2v) is 10.4. The van der Waals surface area contributed by atoms with Crippen molar-refractivity contribution in [2.75, 3.05) is 7.05 Å². The zero-order valence-electron chi connectivity index (χ0n) is 18.5. The number of aromatic nitrogens is 2. The van der Waals surface area contributed by atoms with Crippen molar-refractivity contribution in [1.29, 1.82) is 0 Å². The molecule has 2 bridgehead atoms. The van der Waals surface area contributed by atoms with E-state index in [-0.39, 0.29) is 11.7 Å². The van der Waals surface area contributed by atoms with Crippen LogP contribution in [0.3, 0.4) is 0 Å². The molecule has 2 aliphatic heterocycles. The Morgan fingerprint density at radius 3 is 2.53 bits per heavy atom. The molecule has 6 nitrogen and oxygen atoms in total. The summed E-state index contributed by atoms with van der Waals surface area (Å²) in [6.45, 7) is 3.26. The first-order valence-electron chi connectivity index (χ1n) is 11.0. The summed E-state index contributed by atoms with van der Waals surface area (Å²) in [7, 11) is 2.23. The lowest BCUT2D eigenvalue weighted by Gasteiger charge is -2.36. The minimum atomic E-state index is -1.08. The van der Waals surface area contributed by atoms with E-state index in [1.165, 1.54) is 24.2 Å². The third kappa shape index (κ3) is 4.18. The van der Waals surface area contributed by atoms with Crippen LogP contribution in [0.5, 0.6) is 5.75 Å². The minimum absolute atomic E-state index is 0.128. The average molecular weight is 450 g/mol. The third-order valence-electron chi connectivity index (χ3n) is 6.40. The van der Waals surface area contributed by atoms with Gasteiger partial charge in [-0.3, -0.25) is 9.36 Å². The van der Waals surface area contributed by atoms with Gasteiger partial charge in [0, 0.05) is 12.1 Å². The predicted octanol–water partition coefficient (Wildman–Crippen LogP) is 3.57. The Morgan fingerprint density at radius 1 is 1.19 bits per heavy atom. The molecular formula is C25H27N3O3S. The first kappa shape index (κ1) is 21.2. The summed E-state index contributed by atoms with van der Waals surface area (Å²) in [5.74, 6) is 6.55. The summed E-state index contributed by atoms with van der Waals surface area (Å²) in [5.41, 5.74) is 0.156. The second kappa shape index (κ2) is 8.04. The molecule has 166 valence electrons. The molecule has 0 saturated carbocycles. The lowest BCUT2D eigenvalue weighted by molar-refractivity contribution is 0.0662. The fourth-order valence-electron chi connectivity index (χ4n) is 4.71. The Kier molecular flexibility index (Phi) is 5.32. The predicted molar refractivity (Wildman–Crippen MR) is 127 cm³/mol. The van der Waals surface area contributed by atoms with Crippen molar-refractivity contribution in [2.45, 2.75) is 63.3 Å². The molecule has 0 amide bonds. The van der Waals surface area contributed by atoms with E-state index in [1.807, 2.05) is 24.3 Å². The summed E-state index contributed by atoms with van der Waals surface area (Å²) in [6.07, 6.45) is 6.50. The molecule has 2 fully saturated rings. The quantitative estimate of drug-likeness (QED) is 0.619. The number of hydrogen-bond donors (Lipinski definition) is 1. The van der Waals surface area contributed by atoms with Crippen LogP contribution in [0, 0.1) is 11.8 Å². The first-order valence-corrected chi connectivity index (χ1v) is 11.8. The van der Waals surface area contributed by atoms with Gasteiger partial charge in [0.05, 0.1) is 16.1 Å². The van der Waals surface area contributed by atoms with Gasteiger partial charge in [-0.1, -0.05) is 11.8 Å². The number of rotatable bonds is 3. The maximum absolute atomic E-state index is 13.1. The van der Waals surface area contributed by atoms with Crippen molar-refractivity contribution < 1.29 is 9.84 Å². The van der Waals surface area contributed by atoms with Crippen LogP contribution in [-0.2, 0) is 0 Å². The molecule has 3 atom stereocenters. The van der Waals surface area contributed by atoms with Gasteiger partial charge in [-0.15, -0.1) is 11.3 Å². The van der Waals surface area contributed by atoms with Crippen molar-refractivity contribution in [1.82, 2.24) is 14.5 Å². The highest BCUT2D eigenvalue weighted by atomic mass is 32.1. The summed E-state index contributed by atoms with van der Waals surface area (Å²) in [5, 5.41) is 9.80. The Bertz CT molecular complexity index is 1250. The zero-order valence-corrected chi connectivity index (χ0v) is 19.4. The second-order valence-electron chi connectivity index (χ2n) is 9.31. The summed E-state index contributed by atoms with van der Waals surface area (Å²) >= 11 is 1.30. The topological polar surface area (TPSA) is 67.6 Å². The molecule has 5 rings (SSSR count). The highest BCUT2D eigenvalue weighted by Crippen LogP contribution is 2.36. The summed E-state index contributed by atoms with van der Waals surface area (Å²) in [6, 6.07) is 10.7. The summed E-state index contributed by atoms with van der Waals surface area (Å²) < 4.78 is 8.37. The van der Waals surface area contributed by atoms with Gasteiger partial charge < -0.3 is 14.7 Å². The fraction of sp³-hybridized carbons (Fsp3) is 0.440. The van der Waals surface area contributed by atoms with Crippen LogP contribution >= 0.6 is 11.3 Å². The van der Waals surface area contributed by atoms with E-state index >= 15 is 0 Å². The van der Waals surface area contributed by atoms with Crippen molar-refractivity contribution in [3.8, 4) is 23.3 Å². The maximum atomic E-state index is 13.1. The van der Waals surface area contributed by atoms with E-state index in [2.05, 4.69) is 28.8 Å². The van der Waals surface area contributed by atoms with Crippen molar-refractivity contribution in [3.05, 3.63) is 51.9 Å². The standard InChI is InChI=1S/C25H27N3O3S/c1-25(2,30)11-10-21-14-22-23(32-21)24(29)28(15-26-22)16-6-8-19(9-7-16)31-20-12-17-4-5-18(13-20)27(17)3/h6-9,14-15,17-18,20,30H,4-5,12-13H2,1-3H3/t17-,18+,20?. The van der Waals surface area contributed by atoms with Crippen molar-refractivity contribution in [3.63, 3.8) is 0 Å². The van der Waals surface area contributed by atoms with Gasteiger partial charge in [-0.25, -0.2) is 4.98 Å². The van der Waals surface area contributed by atoms with E-state index < -0.39 is 5.60 Å². The molecule has 32 heavy (non-hydrogen) atoms. The minimum Gasteiger partial charge on any atom is -0.490 e. The van der Waals surface area contributed by atoms with Gasteiger partial charge in [0.1, 0.15) is 28.5 Å². The number of hydrogen-bond acceptors (Lipinski definition) is 6. The number of aliphatic hydroxyl groups is 1. The Labute approximate surface area is 191 Å². The van der Waals surface area contributed by atoms with Crippen LogP contribution in [0.4, 0.5) is 0 Å². The SMILES string of the molecule is CN1[C@@H]2CC[C@H]1CC(Oc1ccc(-n3cnc4cc(C#CC(C)(C)O)sc4c3=O)cc1)C2. The molecule has 2 saturated heterocycles. The van der Waals surface area contributed by atoms with Gasteiger partial charge in [-0.2, -0.15) is 0 Å². The molecular weight excluding hydrogens is 422 g/mol. The van der Waals surface area contributed by atoms with Crippen LogP contribution in [0.25, 0.3) is 15.9 Å². The van der Waals surface area contributed by atoms with Crippen LogP contribution in [0.15, 0.2) is 41.5 Å². The molecule has 7 heteroatoms. The Balaban J connectivity index is 1.35. The molecule has 0 radical (unpaired) electrons. The molecule has 0 spiro atoms. The number of nitrogens with zero attached hydrogens (tertiary/aromatic N) is 3. The molecule has 1 unspecified atom stereocenters. The number of benzene rings is 1.